The summed E-state index contributed by atoms with van der Waals surface area (Å²) >= 11 is 11.3. The van der Waals surface area contributed by atoms with Gasteiger partial charge in [-0.3, -0.25) is 4.99 Å². The Morgan fingerprint density at radius 3 is 2.41 bits per heavy atom. The molecule has 0 saturated carbocycles. The second-order valence-electron chi connectivity index (χ2n) is 5.07. The molecule has 0 bridgehead atoms. The Morgan fingerprint density at radius 2 is 1.85 bits per heavy atom. The minimum atomic E-state index is -1.70. The van der Waals surface area contributed by atoms with E-state index < -0.39 is 56.2 Å². The molecule has 0 aliphatic rings. The Balaban J connectivity index is 2.80. The smallest absolute Gasteiger partial charge is 0.341 e. The van der Waals surface area contributed by atoms with Crippen LogP contribution in [-0.2, 0) is 4.79 Å². The lowest BCUT2D eigenvalue weighted by Crippen LogP contribution is -2.18. The van der Waals surface area contributed by atoms with Crippen molar-refractivity contribution in [2.45, 2.75) is 6.92 Å². The van der Waals surface area contributed by atoms with Gasteiger partial charge in [-0.1, -0.05) is 23.2 Å². The SMILES string of the molecule is CCN=C(C(C(=O)O)=C(O)c1cnc(Cl)c(F)c1Cl)c1ccc(F)cc1F. The second-order valence-corrected chi connectivity index (χ2v) is 5.80. The third-order valence-electron chi connectivity index (χ3n) is 3.36. The van der Waals surface area contributed by atoms with Crippen LogP contribution in [0.3, 0.4) is 0 Å². The number of carboxylic acid groups (broad SMARTS) is 1. The minimum Gasteiger partial charge on any atom is -0.506 e. The zero-order chi connectivity index (χ0) is 20.3. The minimum absolute atomic E-state index is 0.0111. The third-order valence-corrected chi connectivity index (χ3v) is 4.00. The van der Waals surface area contributed by atoms with Crippen molar-refractivity contribution in [3.8, 4) is 0 Å². The van der Waals surface area contributed by atoms with E-state index in [2.05, 4.69) is 9.98 Å². The highest BCUT2D eigenvalue weighted by Crippen LogP contribution is 2.31. The van der Waals surface area contributed by atoms with Crippen molar-refractivity contribution in [1.29, 1.82) is 0 Å². The van der Waals surface area contributed by atoms with Crippen LogP contribution in [0.25, 0.3) is 5.76 Å². The summed E-state index contributed by atoms with van der Waals surface area (Å²) in [7, 11) is 0. The average molecular weight is 419 g/mol. The average Bonchev–Trinajstić information content (AvgIpc) is 2.59. The summed E-state index contributed by atoms with van der Waals surface area (Å²) in [5.41, 5.74) is -2.21. The molecule has 0 unspecified atom stereocenters. The first-order valence-corrected chi connectivity index (χ1v) is 8.11. The molecule has 0 aliphatic carbocycles. The Hall–Kier alpha value is -2.58. The van der Waals surface area contributed by atoms with Gasteiger partial charge < -0.3 is 10.2 Å². The van der Waals surface area contributed by atoms with Gasteiger partial charge in [-0.05, 0) is 19.1 Å². The van der Waals surface area contributed by atoms with Gasteiger partial charge in [0.05, 0.1) is 16.3 Å². The molecule has 1 heterocycles. The number of rotatable bonds is 5. The van der Waals surface area contributed by atoms with E-state index in [0.29, 0.717) is 6.07 Å². The lowest BCUT2D eigenvalue weighted by molar-refractivity contribution is -0.132. The molecule has 1 aromatic carbocycles. The van der Waals surface area contributed by atoms with Crippen LogP contribution in [0.2, 0.25) is 10.2 Å². The van der Waals surface area contributed by atoms with Crippen LogP contribution in [0.4, 0.5) is 13.2 Å². The van der Waals surface area contributed by atoms with Crippen LogP contribution in [0.15, 0.2) is 35.0 Å². The molecule has 0 radical (unpaired) electrons. The van der Waals surface area contributed by atoms with Crippen LogP contribution in [0.1, 0.15) is 18.1 Å². The molecule has 0 amide bonds. The number of hydrogen-bond donors (Lipinski definition) is 2. The van der Waals surface area contributed by atoms with E-state index in [-0.39, 0.29) is 12.1 Å². The predicted octanol–water partition coefficient (Wildman–Crippen LogP) is 4.67. The summed E-state index contributed by atoms with van der Waals surface area (Å²) in [5, 5.41) is 18.7. The standard InChI is InChI=1S/C17H11Cl2F3N2O3/c1-2-23-14(8-4-3-7(20)5-10(8)21)11(17(26)27)15(25)9-6-24-16(19)13(22)12(9)18/h3-6,25H,2H2,1H3,(H,26,27). The van der Waals surface area contributed by atoms with Gasteiger partial charge in [0.2, 0.25) is 0 Å². The van der Waals surface area contributed by atoms with E-state index >= 15 is 0 Å². The van der Waals surface area contributed by atoms with Crippen LogP contribution >= 0.6 is 23.2 Å². The van der Waals surface area contributed by atoms with Crippen molar-refractivity contribution in [1.82, 2.24) is 4.98 Å². The molecule has 0 spiro atoms. The first-order valence-electron chi connectivity index (χ1n) is 7.35. The molecular weight excluding hydrogens is 408 g/mol. The number of benzene rings is 1. The summed E-state index contributed by atoms with van der Waals surface area (Å²) in [4.78, 5) is 19.1. The molecule has 2 aromatic rings. The maximum atomic E-state index is 14.2. The van der Waals surface area contributed by atoms with Crippen molar-refractivity contribution >= 4 is 40.6 Å². The van der Waals surface area contributed by atoms with Crippen molar-refractivity contribution in [2.75, 3.05) is 6.54 Å². The van der Waals surface area contributed by atoms with Gasteiger partial charge in [-0.25, -0.2) is 22.9 Å². The largest absolute Gasteiger partial charge is 0.506 e. The maximum absolute atomic E-state index is 14.2. The molecule has 0 atom stereocenters. The fraction of sp³-hybridized carbons (Fsp3) is 0.118. The molecule has 10 heteroatoms. The second kappa shape index (κ2) is 8.41. The number of aliphatic imine (C=N–C) groups is 1. The van der Waals surface area contributed by atoms with Gasteiger partial charge in [0.1, 0.15) is 23.0 Å². The fourth-order valence-corrected chi connectivity index (χ4v) is 2.62. The molecule has 2 N–H and O–H groups in total. The Morgan fingerprint density at radius 1 is 1.19 bits per heavy atom. The van der Waals surface area contributed by atoms with Gasteiger partial charge in [0.25, 0.3) is 0 Å². The van der Waals surface area contributed by atoms with E-state index in [0.717, 1.165) is 18.3 Å². The predicted molar refractivity (Wildman–Crippen MR) is 94.8 cm³/mol. The number of aliphatic carboxylic acids is 1. The van der Waals surface area contributed by atoms with Crippen molar-refractivity contribution < 1.29 is 28.2 Å². The number of carbonyl (C=O) groups is 1. The summed E-state index contributed by atoms with van der Waals surface area (Å²) in [5.74, 6) is -5.86. The van der Waals surface area contributed by atoms with Crippen molar-refractivity contribution in [3.63, 3.8) is 0 Å². The molecule has 0 fully saturated rings. The highest BCUT2D eigenvalue weighted by Gasteiger charge is 2.27. The fourth-order valence-electron chi connectivity index (χ4n) is 2.20. The van der Waals surface area contributed by atoms with Gasteiger partial charge in [0, 0.05) is 24.4 Å². The van der Waals surface area contributed by atoms with E-state index in [1.165, 1.54) is 6.92 Å². The molecule has 1 aromatic heterocycles. The highest BCUT2D eigenvalue weighted by molar-refractivity contribution is 6.36. The summed E-state index contributed by atoms with van der Waals surface area (Å²) in [6, 6.07) is 2.40. The zero-order valence-corrected chi connectivity index (χ0v) is 15.1. The summed E-state index contributed by atoms with van der Waals surface area (Å²) in [6.07, 6.45) is 0.858. The number of carboxylic acids is 1. The normalized spacial score (nSPS) is 12.7. The van der Waals surface area contributed by atoms with Crippen molar-refractivity contribution in [2.24, 2.45) is 4.99 Å². The molecule has 2 rings (SSSR count). The van der Waals surface area contributed by atoms with Gasteiger partial charge in [-0.2, -0.15) is 0 Å². The molecular formula is C17H11Cl2F3N2O3. The quantitative estimate of drug-likeness (QED) is 0.320. The number of nitrogens with zero attached hydrogens (tertiary/aromatic N) is 2. The Kier molecular flexibility index (Phi) is 6.45. The number of aliphatic hydroxyl groups excluding tert-OH is 1. The summed E-state index contributed by atoms with van der Waals surface area (Å²) < 4.78 is 41.2. The molecule has 0 saturated heterocycles. The molecule has 27 heavy (non-hydrogen) atoms. The molecule has 5 nitrogen and oxygen atoms in total. The zero-order valence-electron chi connectivity index (χ0n) is 13.6. The number of pyridine rings is 1. The summed E-state index contributed by atoms with van der Waals surface area (Å²) in [6.45, 7) is 1.55. The first-order chi connectivity index (χ1) is 12.7. The monoisotopic (exact) mass is 418 g/mol. The van der Waals surface area contributed by atoms with E-state index in [1.54, 1.807) is 0 Å². The first kappa shape index (κ1) is 20.7. The third kappa shape index (κ3) is 4.23. The maximum Gasteiger partial charge on any atom is 0.341 e. The lowest BCUT2D eigenvalue weighted by atomic mass is 9.98. The topological polar surface area (TPSA) is 82.8 Å². The Bertz CT molecular complexity index is 978. The number of hydrogen-bond acceptors (Lipinski definition) is 4. The van der Waals surface area contributed by atoms with E-state index in [4.69, 9.17) is 23.2 Å². The number of aliphatic hydroxyl groups is 1. The van der Waals surface area contributed by atoms with Crippen LogP contribution in [0.5, 0.6) is 0 Å². The molecule has 142 valence electrons. The molecule has 0 aliphatic heterocycles. The number of halogens is 5. The van der Waals surface area contributed by atoms with E-state index in [1.807, 2.05) is 0 Å². The highest BCUT2D eigenvalue weighted by atomic mass is 35.5. The van der Waals surface area contributed by atoms with Crippen molar-refractivity contribution in [3.05, 3.63) is 68.7 Å². The van der Waals surface area contributed by atoms with Gasteiger partial charge >= 0.3 is 5.97 Å². The van der Waals surface area contributed by atoms with E-state index in [9.17, 15) is 28.2 Å². The lowest BCUT2D eigenvalue weighted by Gasteiger charge is -2.13. The van der Waals surface area contributed by atoms with Crippen LogP contribution < -0.4 is 0 Å². The van der Waals surface area contributed by atoms with Gasteiger partial charge in [-0.15, -0.1) is 0 Å². The van der Waals surface area contributed by atoms with Crippen LogP contribution in [0, 0.1) is 17.5 Å². The van der Waals surface area contributed by atoms with Crippen LogP contribution in [-0.4, -0.2) is 33.4 Å². The van der Waals surface area contributed by atoms with Gasteiger partial charge in [0.15, 0.2) is 11.0 Å². The number of aromatic nitrogens is 1. The Labute approximate surface area is 161 Å².